The maximum absolute atomic E-state index is 2.21. The molecule has 0 saturated heterocycles. The summed E-state index contributed by atoms with van der Waals surface area (Å²) >= 11 is 9.01. The molecule has 0 saturated carbocycles. The summed E-state index contributed by atoms with van der Waals surface area (Å²) in [4.78, 5) is 4.13. The van der Waals surface area contributed by atoms with Gasteiger partial charge in [-0.25, -0.2) is 0 Å². The third-order valence-electron chi connectivity index (χ3n) is 4.92. The Hall–Kier alpha value is -2.54. The van der Waals surface area contributed by atoms with Gasteiger partial charge in [-0.1, -0.05) is 48.5 Å². The molecule has 0 aliphatic rings. The molecule has 0 nitrogen and oxygen atoms in total. The zero-order valence-electron chi connectivity index (χ0n) is 17.6. The fourth-order valence-corrected chi connectivity index (χ4v) is 7.55. The first-order valence-corrected chi connectivity index (χ1v) is 14.8. The van der Waals surface area contributed by atoms with E-state index in [1.165, 1.54) is 40.4 Å². The van der Waals surface area contributed by atoms with E-state index in [-0.39, 0.29) is 0 Å². The van der Waals surface area contributed by atoms with Crippen LogP contribution in [0.15, 0.2) is 118 Å². The molecule has 0 atom stereocenters. The van der Waals surface area contributed by atoms with Crippen LogP contribution in [-0.4, -0.2) is 0 Å². The Morgan fingerprint density at radius 3 is 1.45 bits per heavy atom. The maximum Gasteiger partial charge on any atom is 0.0529 e. The van der Waals surface area contributed by atoms with Crippen molar-refractivity contribution in [3.8, 4) is 20.2 Å². The van der Waals surface area contributed by atoms with E-state index in [0.29, 0.717) is 0 Å². The molecule has 0 aliphatic heterocycles. The first-order valence-electron chi connectivity index (χ1n) is 10.4. The van der Waals surface area contributed by atoms with Crippen molar-refractivity contribution >= 4 is 76.9 Å². The van der Waals surface area contributed by atoms with Gasteiger partial charge in [-0.15, -0.1) is 56.7 Å². The molecule has 0 unspecified atom stereocenters. The van der Waals surface area contributed by atoms with Crippen LogP contribution in [0.4, 0.5) is 0 Å². The Balaban J connectivity index is 0.000000110. The van der Waals surface area contributed by atoms with Crippen LogP contribution in [0.3, 0.4) is 0 Å². The minimum absolute atomic E-state index is 1.35. The van der Waals surface area contributed by atoms with Gasteiger partial charge in [0, 0.05) is 24.7 Å². The summed E-state index contributed by atoms with van der Waals surface area (Å²) in [6.45, 7) is 0. The molecule has 2 aromatic carbocycles. The fourth-order valence-electron chi connectivity index (χ4n) is 3.35. The van der Waals surface area contributed by atoms with Crippen molar-refractivity contribution < 1.29 is 0 Å². The van der Waals surface area contributed by atoms with Crippen LogP contribution in [0.2, 0.25) is 0 Å². The second kappa shape index (κ2) is 11.1. The lowest BCUT2D eigenvalue weighted by atomic mass is 10.2. The highest BCUT2D eigenvalue weighted by atomic mass is 32.1. The molecule has 5 heteroatoms. The number of benzene rings is 2. The molecule has 0 bridgehead atoms. The molecular formula is C28H20S5. The average molecular weight is 517 g/mol. The molecule has 5 aromatic heterocycles. The van der Waals surface area contributed by atoms with Gasteiger partial charge in [-0.05, 0) is 80.1 Å². The summed E-state index contributed by atoms with van der Waals surface area (Å²) in [5.41, 5.74) is 1.37. The minimum atomic E-state index is 1.35. The van der Waals surface area contributed by atoms with Gasteiger partial charge < -0.3 is 0 Å². The zero-order chi connectivity index (χ0) is 22.3. The Morgan fingerprint density at radius 1 is 0.364 bits per heavy atom. The molecule has 0 amide bonds. The third kappa shape index (κ3) is 5.52. The van der Waals surface area contributed by atoms with Crippen LogP contribution < -0.4 is 0 Å². The van der Waals surface area contributed by atoms with Crippen molar-refractivity contribution in [2.24, 2.45) is 0 Å². The van der Waals surface area contributed by atoms with Gasteiger partial charge in [-0.2, -0.15) is 0 Å². The monoisotopic (exact) mass is 516 g/mol. The lowest BCUT2D eigenvalue weighted by molar-refractivity contribution is 1.86. The van der Waals surface area contributed by atoms with Gasteiger partial charge >= 0.3 is 0 Å². The van der Waals surface area contributed by atoms with Gasteiger partial charge in [0.25, 0.3) is 0 Å². The molecule has 33 heavy (non-hydrogen) atoms. The van der Waals surface area contributed by atoms with Crippen molar-refractivity contribution in [2.45, 2.75) is 0 Å². The Bertz CT molecular complexity index is 1340. The summed E-state index contributed by atoms with van der Waals surface area (Å²) in [5.74, 6) is 0. The lowest BCUT2D eigenvalue weighted by Gasteiger charge is -1.97. The largest absolute Gasteiger partial charge is 0.144 e. The number of hydrogen-bond acceptors (Lipinski definition) is 5. The summed E-state index contributed by atoms with van der Waals surface area (Å²) in [6, 6.07) is 31.9. The van der Waals surface area contributed by atoms with Crippen molar-refractivity contribution in [3.05, 3.63) is 118 Å². The second-order valence-corrected chi connectivity index (χ2v) is 11.7. The zero-order valence-corrected chi connectivity index (χ0v) is 21.7. The summed E-state index contributed by atoms with van der Waals surface area (Å²) in [7, 11) is 0. The summed E-state index contributed by atoms with van der Waals surface area (Å²) in [5, 5.41) is 13.4. The van der Waals surface area contributed by atoms with Gasteiger partial charge in [0.1, 0.15) is 0 Å². The smallest absolute Gasteiger partial charge is 0.0529 e. The highest BCUT2D eigenvalue weighted by Gasteiger charge is 2.10. The second-order valence-electron chi connectivity index (χ2n) is 7.03. The highest BCUT2D eigenvalue weighted by molar-refractivity contribution is 7.21. The van der Waals surface area contributed by atoms with Crippen molar-refractivity contribution in [1.29, 1.82) is 0 Å². The van der Waals surface area contributed by atoms with Gasteiger partial charge in [-0.3, -0.25) is 0 Å². The lowest BCUT2D eigenvalue weighted by Crippen LogP contribution is -1.69. The normalized spacial score (nSPS) is 10.4. The first kappa shape index (κ1) is 22.3. The molecule has 0 fully saturated rings. The van der Waals surface area contributed by atoms with Crippen molar-refractivity contribution in [3.63, 3.8) is 0 Å². The van der Waals surface area contributed by atoms with Crippen LogP contribution in [0.5, 0.6) is 0 Å². The predicted molar refractivity (Wildman–Crippen MR) is 155 cm³/mol. The fraction of sp³-hybridized carbons (Fsp3) is 0. The molecule has 162 valence electrons. The quantitative estimate of drug-likeness (QED) is 0.214. The molecule has 5 heterocycles. The van der Waals surface area contributed by atoms with E-state index in [0.717, 1.165) is 0 Å². The van der Waals surface area contributed by atoms with Crippen LogP contribution in [0.25, 0.3) is 40.4 Å². The number of thiophene rings is 5. The standard InChI is InChI=1S/C12H8S3.2C8H6S/c1-3-10(13-6-1)9-5-8-15-12(9)11-4-2-7-14-11;2*1-2-4-8-7(3-1)5-6-9-8/h1-8H;2*1-6H. The molecule has 0 radical (unpaired) electrons. The number of fused-ring (bicyclic) bond motifs is 2. The van der Waals surface area contributed by atoms with Gasteiger partial charge in [0.15, 0.2) is 0 Å². The van der Waals surface area contributed by atoms with Crippen LogP contribution in [0, 0.1) is 0 Å². The first-order chi connectivity index (χ1) is 16.4. The Labute approximate surface area is 213 Å². The highest BCUT2D eigenvalue weighted by Crippen LogP contribution is 2.40. The topological polar surface area (TPSA) is 0 Å². The summed E-state index contributed by atoms with van der Waals surface area (Å²) < 4.78 is 2.75. The van der Waals surface area contributed by atoms with Gasteiger partial charge in [0.05, 0.1) is 4.88 Å². The maximum atomic E-state index is 2.21. The number of hydrogen-bond donors (Lipinski definition) is 0. The van der Waals surface area contributed by atoms with Crippen molar-refractivity contribution in [2.75, 3.05) is 0 Å². The Morgan fingerprint density at radius 2 is 0.909 bits per heavy atom. The average Bonchev–Trinajstić information content (AvgIpc) is 3.70. The van der Waals surface area contributed by atoms with E-state index in [2.05, 4.69) is 118 Å². The molecule has 0 aliphatic carbocycles. The van der Waals surface area contributed by atoms with E-state index in [1.807, 2.05) is 22.7 Å². The minimum Gasteiger partial charge on any atom is -0.144 e. The molecule has 7 rings (SSSR count). The van der Waals surface area contributed by atoms with Gasteiger partial charge in [0.2, 0.25) is 0 Å². The Kier molecular flexibility index (Phi) is 7.46. The molecule has 0 spiro atoms. The van der Waals surface area contributed by atoms with E-state index >= 15 is 0 Å². The van der Waals surface area contributed by atoms with E-state index in [1.54, 1.807) is 34.0 Å². The van der Waals surface area contributed by atoms with Crippen LogP contribution in [0.1, 0.15) is 0 Å². The van der Waals surface area contributed by atoms with Crippen LogP contribution in [-0.2, 0) is 0 Å². The molecule has 7 aromatic rings. The van der Waals surface area contributed by atoms with E-state index in [4.69, 9.17) is 0 Å². The molecule has 0 N–H and O–H groups in total. The van der Waals surface area contributed by atoms with Crippen molar-refractivity contribution in [1.82, 2.24) is 0 Å². The van der Waals surface area contributed by atoms with E-state index in [9.17, 15) is 0 Å². The predicted octanol–water partition coefficient (Wildman–Crippen LogP) is 11.0. The van der Waals surface area contributed by atoms with E-state index < -0.39 is 0 Å². The third-order valence-corrected chi connectivity index (χ3v) is 9.58. The summed E-state index contributed by atoms with van der Waals surface area (Å²) in [6.07, 6.45) is 0. The molecular weight excluding hydrogens is 497 g/mol. The van der Waals surface area contributed by atoms with Crippen LogP contribution >= 0.6 is 56.7 Å². The SMILES string of the molecule is c1ccc2sccc2c1.c1ccc2sccc2c1.c1csc(-c2ccsc2-c2cccs2)c1. The number of rotatable bonds is 2.